The largest absolute Gasteiger partial charge is 0.325 e. The number of benzene rings is 1. The molecule has 5 heteroatoms. The number of carbonyl (C=O) groups excluding carboxylic acids is 1. The van der Waals surface area contributed by atoms with Crippen LogP contribution in [0.1, 0.15) is 21.6 Å². The molecule has 0 saturated heterocycles. The van der Waals surface area contributed by atoms with Crippen LogP contribution in [0.15, 0.2) is 36.5 Å². The van der Waals surface area contributed by atoms with Crippen molar-refractivity contribution in [1.82, 2.24) is 4.98 Å². The smallest absolute Gasteiger partial charge is 0.167 e. The summed E-state index contributed by atoms with van der Waals surface area (Å²) in [5.41, 5.74) is 7.25. The Kier molecular flexibility index (Phi) is 4.24. The van der Waals surface area contributed by atoms with Gasteiger partial charge in [0.1, 0.15) is 5.82 Å². The highest BCUT2D eigenvalue weighted by molar-refractivity contribution is 6.31. The minimum atomic E-state index is -0.421. The molecule has 2 rings (SSSR count). The molecule has 0 fully saturated rings. The van der Waals surface area contributed by atoms with Gasteiger partial charge in [-0.3, -0.25) is 9.78 Å². The van der Waals surface area contributed by atoms with E-state index in [1.807, 2.05) is 0 Å². The number of nitrogens with two attached hydrogens (primary N) is 1. The highest BCUT2D eigenvalue weighted by Gasteiger charge is 2.11. The van der Waals surface area contributed by atoms with Crippen molar-refractivity contribution in [3.05, 3.63) is 64.2 Å². The zero-order chi connectivity index (χ0) is 13.8. The second-order valence-electron chi connectivity index (χ2n) is 4.08. The van der Waals surface area contributed by atoms with Crippen molar-refractivity contribution in [1.29, 1.82) is 0 Å². The fraction of sp³-hybridized carbons (Fsp3) is 0.143. The molecule has 0 saturated carbocycles. The molecule has 2 N–H and O–H groups in total. The van der Waals surface area contributed by atoms with E-state index in [1.165, 1.54) is 18.2 Å². The van der Waals surface area contributed by atoms with E-state index in [-0.39, 0.29) is 23.8 Å². The van der Waals surface area contributed by atoms with Crippen LogP contribution in [0.4, 0.5) is 4.39 Å². The van der Waals surface area contributed by atoms with Crippen LogP contribution in [0, 0.1) is 5.82 Å². The Bertz CT molecular complexity index is 616. The molecule has 0 amide bonds. The first-order valence-corrected chi connectivity index (χ1v) is 6.10. The van der Waals surface area contributed by atoms with Crippen molar-refractivity contribution >= 4 is 17.4 Å². The summed E-state index contributed by atoms with van der Waals surface area (Å²) in [4.78, 5) is 16.1. The van der Waals surface area contributed by atoms with Crippen LogP contribution in [0.3, 0.4) is 0 Å². The van der Waals surface area contributed by atoms with Crippen molar-refractivity contribution < 1.29 is 9.18 Å². The first-order valence-electron chi connectivity index (χ1n) is 5.72. The van der Waals surface area contributed by atoms with Gasteiger partial charge >= 0.3 is 0 Å². The van der Waals surface area contributed by atoms with Gasteiger partial charge in [-0.2, -0.15) is 0 Å². The summed E-state index contributed by atoms with van der Waals surface area (Å²) in [6, 6.07) is 7.27. The maximum Gasteiger partial charge on any atom is 0.167 e. The van der Waals surface area contributed by atoms with Gasteiger partial charge in [0.2, 0.25) is 0 Å². The lowest BCUT2D eigenvalue weighted by atomic mass is 10.0. The van der Waals surface area contributed by atoms with Crippen LogP contribution in [-0.2, 0) is 13.0 Å². The average molecular weight is 279 g/mol. The third-order valence-corrected chi connectivity index (χ3v) is 3.07. The number of hydrogen-bond acceptors (Lipinski definition) is 3. The predicted molar refractivity (Wildman–Crippen MR) is 71.6 cm³/mol. The Morgan fingerprint density at radius 2 is 2.11 bits per heavy atom. The predicted octanol–water partition coefficient (Wildman–Crippen LogP) is 2.76. The lowest BCUT2D eigenvalue weighted by Gasteiger charge is -2.05. The number of rotatable bonds is 4. The normalized spacial score (nSPS) is 10.5. The molecule has 0 bridgehead atoms. The maximum atomic E-state index is 12.9. The number of aromatic nitrogens is 1. The molecule has 0 aliphatic rings. The van der Waals surface area contributed by atoms with Crippen molar-refractivity contribution in [2.75, 3.05) is 0 Å². The molecular weight excluding hydrogens is 267 g/mol. The summed E-state index contributed by atoms with van der Waals surface area (Å²) in [5, 5.41) is 0.251. The Hall–Kier alpha value is -1.78. The van der Waals surface area contributed by atoms with E-state index in [9.17, 15) is 9.18 Å². The van der Waals surface area contributed by atoms with Crippen LogP contribution in [-0.4, -0.2) is 10.8 Å². The van der Waals surface area contributed by atoms with Crippen molar-refractivity contribution in [3.8, 4) is 0 Å². The van der Waals surface area contributed by atoms with Gasteiger partial charge in [0.05, 0.1) is 5.69 Å². The minimum absolute atomic E-state index is 0.106. The fourth-order valence-corrected chi connectivity index (χ4v) is 1.94. The summed E-state index contributed by atoms with van der Waals surface area (Å²) in [7, 11) is 0. The molecule has 0 aliphatic heterocycles. The lowest BCUT2D eigenvalue weighted by molar-refractivity contribution is 0.0992. The molecule has 1 aromatic heterocycles. The molecule has 3 nitrogen and oxygen atoms in total. The van der Waals surface area contributed by atoms with Gasteiger partial charge in [-0.15, -0.1) is 0 Å². The van der Waals surface area contributed by atoms with E-state index in [0.29, 0.717) is 16.8 Å². The van der Waals surface area contributed by atoms with Gasteiger partial charge in [-0.25, -0.2) is 4.39 Å². The van der Waals surface area contributed by atoms with Gasteiger partial charge in [-0.05, 0) is 29.8 Å². The molecule has 0 aliphatic carbocycles. The van der Waals surface area contributed by atoms with E-state index in [1.54, 1.807) is 18.3 Å². The highest BCUT2D eigenvalue weighted by Crippen LogP contribution is 2.19. The van der Waals surface area contributed by atoms with Crippen LogP contribution in [0.5, 0.6) is 0 Å². The van der Waals surface area contributed by atoms with Crippen molar-refractivity contribution in [2.45, 2.75) is 13.0 Å². The minimum Gasteiger partial charge on any atom is -0.325 e. The van der Waals surface area contributed by atoms with Gasteiger partial charge < -0.3 is 5.73 Å². The molecule has 19 heavy (non-hydrogen) atoms. The molecule has 0 spiro atoms. The topological polar surface area (TPSA) is 56.0 Å². The zero-order valence-electron chi connectivity index (χ0n) is 10.1. The summed E-state index contributed by atoms with van der Waals surface area (Å²) in [6.45, 7) is 0.276. The number of Topliss-reactive ketones (excluding diaryl/α,β-unsaturated/α-hetero) is 1. The number of nitrogens with zero attached hydrogens (tertiary/aromatic N) is 1. The Labute approximate surface area is 115 Å². The average Bonchev–Trinajstić information content (AvgIpc) is 2.42. The SMILES string of the molecule is NCc1cc(C(=O)Cc2ccc(F)cc2Cl)ccn1. The van der Waals surface area contributed by atoms with Gasteiger partial charge in [0, 0.05) is 29.7 Å². The number of carbonyl (C=O) groups is 1. The monoisotopic (exact) mass is 278 g/mol. The van der Waals surface area contributed by atoms with Gasteiger partial charge in [0.15, 0.2) is 5.78 Å². The van der Waals surface area contributed by atoms with Crippen molar-refractivity contribution in [2.24, 2.45) is 5.73 Å². The number of ketones is 1. The Balaban J connectivity index is 2.20. The van der Waals surface area contributed by atoms with Crippen LogP contribution < -0.4 is 5.73 Å². The van der Waals surface area contributed by atoms with Crippen LogP contribution in [0.25, 0.3) is 0 Å². The fourth-order valence-electron chi connectivity index (χ4n) is 1.70. The molecule has 98 valence electrons. The lowest BCUT2D eigenvalue weighted by Crippen LogP contribution is -2.07. The van der Waals surface area contributed by atoms with E-state index < -0.39 is 5.82 Å². The summed E-state index contributed by atoms with van der Waals surface area (Å²) in [5.74, 6) is -0.527. The van der Waals surface area contributed by atoms with Crippen LogP contribution in [0.2, 0.25) is 5.02 Å². The summed E-state index contributed by atoms with van der Waals surface area (Å²) >= 11 is 5.90. The molecule has 0 radical (unpaired) electrons. The first kappa shape index (κ1) is 13.6. The van der Waals surface area contributed by atoms with Gasteiger partial charge in [-0.1, -0.05) is 17.7 Å². The second-order valence-corrected chi connectivity index (χ2v) is 4.48. The third kappa shape index (κ3) is 3.36. The molecular formula is C14H12ClFN2O. The number of pyridine rings is 1. The van der Waals surface area contributed by atoms with Crippen molar-refractivity contribution in [3.63, 3.8) is 0 Å². The third-order valence-electron chi connectivity index (χ3n) is 2.71. The summed E-state index contributed by atoms with van der Waals surface area (Å²) < 4.78 is 12.9. The molecule has 0 atom stereocenters. The molecule has 0 unspecified atom stereocenters. The van der Waals surface area contributed by atoms with E-state index in [0.717, 1.165) is 0 Å². The summed E-state index contributed by atoms with van der Waals surface area (Å²) in [6.07, 6.45) is 1.66. The first-order chi connectivity index (χ1) is 9.10. The Morgan fingerprint density at radius 1 is 1.32 bits per heavy atom. The van der Waals surface area contributed by atoms with E-state index in [2.05, 4.69) is 4.98 Å². The number of halogens is 2. The van der Waals surface area contributed by atoms with E-state index in [4.69, 9.17) is 17.3 Å². The standard InChI is InChI=1S/C14H12ClFN2O/c15-13-7-11(16)2-1-9(13)6-14(19)10-3-4-18-12(5-10)8-17/h1-5,7H,6,8,17H2. The van der Waals surface area contributed by atoms with Gasteiger partial charge in [0.25, 0.3) is 0 Å². The molecule has 1 heterocycles. The Morgan fingerprint density at radius 3 is 2.79 bits per heavy atom. The number of hydrogen-bond donors (Lipinski definition) is 1. The molecule has 1 aromatic carbocycles. The highest BCUT2D eigenvalue weighted by atomic mass is 35.5. The molecule has 2 aromatic rings. The maximum absolute atomic E-state index is 12.9. The van der Waals surface area contributed by atoms with E-state index >= 15 is 0 Å². The second kappa shape index (κ2) is 5.91. The van der Waals surface area contributed by atoms with Crippen LogP contribution >= 0.6 is 11.6 Å². The zero-order valence-corrected chi connectivity index (χ0v) is 10.8. The quantitative estimate of drug-likeness (QED) is 0.875.